The highest BCUT2D eigenvalue weighted by molar-refractivity contribution is 6.00. The van der Waals surface area contributed by atoms with Crippen molar-refractivity contribution in [3.8, 4) is 0 Å². The molecule has 5 heterocycles. The van der Waals surface area contributed by atoms with Crippen molar-refractivity contribution in [1.82, 2.24) is 9.80 Å². The maximum Gasteiger partial charge on any atom is 0.418 e. The smallest absolute Gasteiger partial charge is 0.418 e. The second-order valence-electron chi connectivity index (χ2n) is 11.7. The number of amides is 1. The number of benzene rings is 1. The lowest BCUT2D eigenvalue weighted by Gasteiger charge is -2.37. The number of anilines is 2. The number of carbonyl (C=O) groups excluding carboxylic acids is 1. The molecule has 206 valence electrons. The molecule has 9 heteroatoms. The summed E-state index contributed by atoms with van der Waals surface area (Å²) in [6.45, 7) is 7.31. The van der Waals surface area contributed by atoms with E-state index in [1.165, 1.54) is 29.9 Å². The van der Waals surface area contributed by atoms with E-state index in [1.54, 1.807) is 12.3 Å². The average molecular weight is 531 g/mol. The van der Waals surface area contributed by atoms with E-state index in [0.717, 1.165) is 44.9 Å². The lowest BCUT2D eigenvalue weighted by Crippen LogP contribution is -2.44. The summed E-state index contributed by atoms with van der Waals surface area (Å²) in [7, 11) is 0. The average Bonchev–Trinajstić information content (AvgIpc) is 3.70. The van der Waals surface area contributed by atoms with Crippen molar-refractivity contribution >= 4 is 17.3 Å². The summed E-state index contributed by atoms with van der Waals surface area (Å²) in [6.07, 6.45) is 2.39. The molecule has 1 aromatic carbocycles. The molecule has 6 nitrogen and oxygen atoms in total. The van der Waals surface area contributed by atoms with E-state index in [2.05, 4.69) is 21.6 Å². The van der Waals surface area contributed by atoms with Gasteiger partial charge in [0.2, 0.25) is 5.91 Å². The predicted molar refractivity (Wildman–Crippen MR) is 140 cm³/mol. The van der Waals surface area contributed by atoms with Crippen molar-refractivity contribution in [2.75, 3.05) is 49.1 Å². The van der Waals surface area contributed by atoms with Gasteiger partial charge < -0.3 is 14.2 Å². The molecular formula is C29H37F3N4O2. The van der Waals surface area contributed by atoms with Crippen molar-refractivity contribution in [2.45, 2.75) is 70.3 Å². The lowest BCUT2D eigenvalue weighted by molar-refractivity contribution is -0.137. The molecule has 0 radical (unpaired) electrons. The highest BCUT2D eigenvalue weighted by Gasteiger charge is 2.50. The second-order valence-corrected chi connectivity index (χ2v) is 11.7. The van der Waals surface area contributed by atoms with Crippen LogP contribution in [0.2, 0.25) is 0 Å². The summed E-state index contributed by atoms with van der Waals surface area (Å²) >= 11 is 0. The van der Waals surface area contributed by atoms with E-state index >= 15 is 0 Å². The molecule has 2 atom stereocenters. The number of likely N-dealkylation sites (tertiary alicyclic amines) is 2. The third kappa shape index (κ3) is 4.72. The largest absolute Gasteiger partial charge is 0.468 e. The maximum atomic E-state index is 14.4. The number of piperidine rings is 1. The molecule has 38 heavy (non-hydrogen) atoms. The summed E-state index contributed by atoms with van der Waals surface area (Å²) in [4.78, 5) is 21.9. The van der Waals surface area contributed by atoms with Gasteiger partial charge in [0.15, 0.2) is 0 Å². The van der Waals surface area contributed by atoms with Gasteiger partial charge in [0.25, 0.3) is 0 Å². The van der Waals surface area contributed by atoms with Crippen molar-refractivity contribution < 1.29 is 22.4 Å². The number of alkyl halides is 3. The van der Waals surface area contributed by atoms with Gasteiger partial charge in [0, 0.05) is 37.4 Å². The van der Waals surface area contributed by atoms with Gasteiger partial charge in [-0.2, -0.15) is 13.2 Å². The molecule has 1 amide bonds. The fourth-order valence-electron chi connectivity index (χ4n) is 7.20. The molecule has 4 aliphatic rings. The van der Waals surface area contributed by atoms with Gasteiger partial charge in [0.05, 0.1) is 29.5 Å². The van der Waals surface area contributed by atoms with E-state index in [-0.39, 0.29) is 11.6 Å². The molecule has 4 fully saturated rings. The zero-order valence-corrected chi connectivity index (χ0v) is 22.1. The van der Waals surface area contributed by atoms with Crippen LogP contribution in [0.4, 0.5) is 24.5 Å². The van der Waals surface area contributed by atoms with E-state index in [1.807, 2.05) is 12.1 Å². The minimum Gasteiger partial charge on any atom is -0.468 e. The number of rotatable bonds is 5. The number of halogens is 3. The van der Waals surface area contributed by atoms with Crippen LogP contribution in [-0.2, 0) is 17.5 Å². The van der Waals surface area contributed by atoms with Crippen molar-refractivity contribution in [1.29, 1.82) is 0 Å². The Balaban J connectivity index is 1.17. The van der Waals surface area contributed by atoms with Crippen LogP contribution in [0.3, 0.4) is 0 Å². The Morgan fingerprint density at radius 2 is 1.82 bits per heavy atom. The monoisotopic (exact) mass is 530 g/mol. The molecule has 4 saturated heterocycles. The first-order valence-corrected chi connectivity index (χ1v) is 14.0. The first-order valence-electron chi connectivity index (χ1n) is 14.0. The zero-order valence-electron chi connectivity index (χ0n) is 22.1. The SMILES string of the molecule is C[C@H]1CCCN1[C@H]1CCN(c2ccc(N3CCC4(CCN(Cc5ccco5)CC4)C3=O)c(C(F)(F)F)c2)C1. The van der Waals surface area contributed by atoms with Gasteiger partial charge in [-0.3, -0.25) is 14.6 Å². The van der Waals surface area contributed by atoms with Crippen LogP contribution in [-0.4, -0.2) is 67.1 Å². The normalized spacial score (nSPS) is 26.8. The first-order chi connectivity index (χ1) is 18.2. The predicted octanol–water partition coefficient (Wildman–Crippen LogP) is 5.38. The van der Waals surface area contributed by atoms with Crippen LogP contribution in [0.15, 0.2) is 41.0 Å². The number of hydrogen-bond acceptors (Lipinski definition) is 5. The molecule has 1 spiro atoms. The summed E-state index contributed by atoms with van der Waals surface area (Å²) < 4.78 is 48.5. The molecule has 1 aromatic heterocycles. The number of carbonyl (C=O) groups is 1. The molecule has 6 rings (SSSR count). The van der Waals surface area contributed by atoms with Crippen LogP contribution < -0.4 is 9.80 Å². The summed E-state index contributed by atoms with van der Waals surface area (Å²) in [5.74, 6) is 0.729. The molecule has 0 N–H and O–H groups in total. The fraction of sp³-hybridized carbons (Fsp3) is 0.621. The standard InChI is InChI=1S/C29H37F3N4O2/c1-21-4-2-12-35(21)23-8-13-34(19-23)22-6-7-26(25(18-22)29(30,31)32)36-16-11-28(27(36)37)9-14-33(15-10-28)20-24-5-3-17-38-24/h3,5-7,17-18,21,23H,2,4,8-16,19-20H2,1H3/t21-,23-/m0/s1. The summed E-state index contributed by atoms with van der Waals surface area (Å²) in [5, 5.41) is 0. The minimum absolute atomic E-state index is 0.00468. The van der Waals surface area contributed by atoms with Gasteiger partial charge in [-0.1, -0.05) is 0 Å². The Morgan fingerprint density at radius 3 is 2.50 bits per heavy atom. The quantitative estimate of drug-likeness (QED) is 0.519. The van der Waals surface area contributed by atoms with Gasteiger partial charge in [0.1, 0.15) is 5.76 Å². The Bertz CT molecular complexity index is 1140. The summed E-state index contributed by atoms with van der Waals surface area (Å²) in [6, 6.07) is 9.31. The third-order valence-corrected chi connectivity index (χ3v) is 9.46. The van der Waals surface area contributed by atoms with Crippen LogP contribution >= 0.6 is 0 Å². The van der Waals surface area contributed by atoms with E-state index in [9.17, 15) is 18.0 Å². The van der Waals surface area contributed by atoms with Crippen LogP contribution in [0.5, 0.6) is 0 Å². The van der Waals surface area contributed by atoms with Crippen LogP contribution in [0.1, 0.15) is 56.8 Å². The zero-order chi connectivity index (χ0) is 26.5. The van der Waals surface area contributed by atoms with Gasteiger partial charge in [-0.25, -0.2) is 0 Å². The summed E-state index contributed by atoms with van der Waals surface area (Å²) in [5.41, 5.74) is -0.669. The molecule has 0 aliphatic carbocycles. The van der Waals surface area contributed by atoms with Crippen molar-refractivity contribution in [3.63, 3.8) is 0 Å². The molecule has 2 aromatic rings. The van der Waals surface area contributed by atoms with Crippen molar-refractivity contribution in [3.05, 3.63) is 47.9 Å². The molecular weight excluding hydrogens is 493 g/mol. The Morgan fingerprint density at radius 1 is 1.03 bits per heavy atom. The molecule has 0 saturated carbocycles. The number of furan rings is 1. The topological polar surface area (TPSA) is 43.2 Å². The first kappa shape index (κ1) is 25.7. The fourth-order valence-corrected chi connectivity index (χ4v) is 7.20. The second kappa shape index (κ2) is 9.90. The van der Waals surface area contributed by atoms with Gasteiger partial charge >= 0.3 is 6.18 Å². The number of hydrogen-bond donors (Lipinski definition) is 0. The van der Waals surface area contributed by atoms with E-state index < -0.39 is 17.2 Å². The highest BCUT2D eigenvalue weighted by Crippen LogP contribution is 2.47. The van der Waals surface area contributed by atoms with Gasteiger partial charge in [-0.15, -0.1) is 0 Å². The van der Waals surface area contributed by atoms with E-state index in [0.29, 0.717) is 50.1 Å². The minimum atomic E-state index is -4.53. The number of nitrogens with zero attached hydrogens (tertiary/aromatic N) is 4. The van der Waals surface area contributed by atoms with Crippen LogP contribution in [0, 0.1) is 5.41 Å². The Hall–Kier alpha value is -2.52. The maximum absolute atomic E-state index is 14.4. The lowest BCUT2D eigenvalue weighted by atomic mass is 9.77. The third-order valence-electron chi connectivity index (χ3n) is 9.46. The van der Waals surface area contributed by atoms with Crippen LogP contribution in [0.25, 0.3) is 0 Å². The Kier molecular flexibility index (Phi) is 6.71. The molecule has 0 bridgehead atoms. The molecule has 4 aliphatic heterocycles. The highest BCUT2D eigenvalue weighted by atomic mass is 19.4. The van der Waals surface area contributed by atoms with Crippen molar-refractivity contribution in [2.24, 2.45) is 5.41 Å². The van der Waals surface area contributed by atoms with Gasteiger partial charge in [-0.05, 0) is 95.4 Å². The Labute approximate surface area is 222 Å². The molecule has 0 unspecified atom stereocenters. The van der Waals surface area contributed by atoms with E-state index in [4.69, 9.17) is 4.42 Å².